The third-order valence-corrected chi connectivity index (χ3v) is 2.16. The van der Waals surface area contributed by atoms with Gasteiger partial charge in [0.25, 0.3) is 0 Å². The first-order chi connectivity index (χ1) is 7.56. The molecule has 0 fully saturated rings. The fourth-order valence-corrected chi connectivity index (χ4v) is 1.48. The van der Waals surface area contributed by atoms with Crippen molar-refractivity contribution < 1.29 is 9.90 Å². The average Bonchev–Trinajstić information content (AvgIpc) is 2.25. The molecule has 0 aliphatic heterocycles. The summed E-state index contributed by atoms with van der Waals surface area (Å²) in [5.41, 5.74) is 1.20. The minimum atomic E-state index is -0.955. The molecule has 1 aromatic heterocycles. The lowest BCUT2D eigenvalue weighted by Crippen LogP contribution is -2.27. The molecule has 1 rings (SSSR count). The van der Waals surface area contributed by atoms with Gasteiger partial charge in [-0.1, -0.05) is 12.2 Å². The van der Waals surface area contributed by atoms with E-state index in [0.717, 1.165) is 5.57 Å². The van der Waals surface area contributed by atoms with Crippen molar-refractivity contribution in [2.45, 2.75) is 13.8 Å². The Bertz CT molecular complexity index is 402. The summed E-state index contributed by atoms with van der Waals surface area (Å²) in [7, 11) is 0. The lowest BCUT2D eigenvalue weighted by Gasteiger charge is -2.23. The number of carboxylic acids is 1. The van der Waals surface area contributed by atoms with Crippen molar-refractivity contribution in [3.05, 3.63) is 36.0 Å². The second kappa shape index (κ2) is 5.30. The van der Waals surface area contributed by atoms with E-state index in [1.807, 2.05) is 18.7 Å². The van der Waals surface area contributed by atoms with Crippen LogP contribution in [0.5, 0.6) is 0 Å². The van der Waals surface area contributed by atoms with E-state index in [9.17, 15) is 4.79 Å². The molecule has 86 valence electrons. The highest BCUT2D eigenvalue weighted by Gasteiger charge is 2.15. The fraction of sp³-hybridized carbons (Fsp3) is 0.333. The van der Waals surface area contributed by atoms with E-state index >= 15 is 0 Å². The van der Waals surface area contributed by atoms with Crippen LogP contribution in [0.3, 0.4) is 0 Å². The Kier molecular flexibility index (Phi) is 4.05. The summed E-state index contributed by atoms with van der Waals surface area (Å²) < 4.78 is 0. The van der Waals surface area contributed by atoms with Crippen molar-refractivity contribution >= 4 is 11.8 Å². The van der Waals surface area contributed by atoms with Crippen molar-refractivity contribution in [1.29, 1.82) is 0 Å². The van der Waals surface area contributed by atoms with Crippen LogP contribution in [0, 0.1) is 0 Å². The van der Waals surface area contributed by atoms with Gasteiger partial charge in [-0.05, 0) is 26.0 Å². The molecule has 0 atom stereocenters. The molecule has 0 aliphatic rings. The zero-order valence-corrected chi connectivity index (χ0v) is 9.60. The van der Waals surface area contributed by atoms with Gasteiger partial charge < -0.3 is 10.0 Å². The Hall–Kier alpha value is -1.84. The van der Waals surface area contributed by atoms with E-state index < -0.39 is 5.97 Å². The fourth-order valence-electron chi connectivity index (χ4n) is 1.48. The summed E-state index contributed by atoms with van der Waals surface area (Å²) in [6, 6.07) is 3.19. The minimum absolute atomic E-state index is 0.227. The molecule has 4 heteroatoms. The number of carbonyl (C=O) groups is 1. The Labute approximate surface area is 95.2 Å². The molecule has 0 unspecified atom stereocenters. The summed E-state index contributed by atoms with van der Waals surface area (Å²) in [5.74, 6) is -0.455. The molecule has 0 saturated carbocycles. The number of nitrogens with zero attached hydrogens (tertiary/aromatic N) is 2. The highest BCUT2D eigenvalue weighted by atomic mass is 16.4. The van der Waals surface area contributed by atoms with E-state index in [1.165, 1.54) is 0 Å². The van der Waals surface area contributed by atoms with Crippen molar-refractivity contribution in [1.82, 2.24) is 4.98 Å². The second-order valence-electron chi connectivity index (χ2n) is 3.65. The van der Waals surface area contributed by atoms with Crippen molar-refractivity contribution in [2.75, 3.05) is 18.0 Å². The number of rotatable bonds is 5. The molecule has 4 nitrogen and oxygen atoms in total. The van der Waals surface area contributed by atoms with Gasteiger partial charge in [0.1, 0.15) is 11.4 Å². The van der Waals surface area contributed by atoms with E-state index in [1.54, 1.807) is 18.3 Å². The molecular weight excluding hydrogens is 204 g/mol. The lowest BCUT2D eigenvalue weighted by molar-refractivity contribution is 0.0697. The normalized spacial score (nSPS) is 9.88. The summed E-state index contributed by atoms with van der Waals surface area (Å²) >= 11 is 0. The Morgan fingerprint density at radius 3 is 2.81 bits per heavy atom. The van der Waals surface area contributed by atoms with Gasteiger partial charge in [-0.2, -0.15) is 0 Å². The van der Waals surface area contributed by atoms with Crippen LogP contribution in [0.25, 0.3) is 0 Å². The smallest absolute Gasteiger partial charge is 0.339 e. The number of hydrogen-bond donors (Lipinski definition) is 1. The maximum atomic E-state index is 11.0. The van der Waals surface area contributed by atoms with Crippen LogP contribution in [-0.4, -0.2) is 29.1 Å². The van der Waals surface area contributed by atoms with Crippen LogP contribution in [0.4, 0.5) is 5.82 Å². The van der Waals surface area contributed by atoms with E-state index in [-0.39, 0.29) is 5.56 Å². The van der Waals surface area contributed by atoms with E-state index in [4.69, 9.17) is 5.11 Å². The first-order valence-electron chi connectivity index (χ1n) is 5.14. The predicted octanol–water partition coefficient (Wildman–Crippen LogP) is 2.18. The van der Waals surface area contributed by atoms with Gasteiger partial charge in [-0.15, -0.1) is 0 Å². The highest BCUT2D eigenvalue weighted by molar-refractivity contribution is 5.93. The monoisotopic (exact) mass is 220 g/mol. The summed E-state index contributed by atoms with van der Waals surface area (Å²) in [4.78, 5) is 17.1. The predicted molar refractivity (Wildman–Crippen MR) is 63.9 cm³/mol. The summed E-state index contributed by atoms with van der Waals surface area (Å²) in [6.45, 7) is 9.01. The molecule has 0 amide bonds. The molecule has 16 heavy (non-hydrogen) atoms. The van der Waals surface area contributed by atoms with E-state index in [2.05, 4.69) is 11.6 Å². The average molecular weight is 220 g/mol. The summed E-state index contributed by atoms with van der Waals surface area (Å²) in [5, 5.41) is 9.06. The number of pyridine rings is 1. The standard InChI is InChI=1S/C12H16N2O2/c1-4-14(8-9(2)3)11-10(12(15)16)6-5-7-13-11/h5-7H,2,4,8H2,1,3H3,(H,15,16). The summed E-state index contributed by atoms with van der Waals surface area (Å²) in [6.07, 6.45) is 1.60. The first-order valence-corrected chi connectivity index (χ1v) is 5.14. The Morgan fingerprint density at radius 2 is 2.31 bits per heavy atom. The molecule has 1 N–H and O–H groups in total. The van der Waals surface area contributed by atoms with Gasteiger partial charge >= 0.3 is 5.97 Å². The molecule has 0 aliphatic carbocycles. The van der Waals surface area contributed by atoms with Crippen molar-refractivity contribution in [3.8, 4) is 0 Å². The molecule has 0 saturated heterocycles. The second-order valence-corrected chi connectivity index (χ2v) is 3.65. The number of aromatic nitrogens is 1. The van der Waals surface area contributed by atoms with Crippen molar-refractivity contribution in [2.24, 2.45) is 0 Å². The zero-order chi connectivity index (χ0) is 12.1. The van der Waals surface area contributed by atoms with Crippen LogP contribution < -0.4 is 4.90 Å². The Morgan fingerprint density at radius 1 is 1.62 bits per heavy atom. The topological polar surface area (TPSA) is 53.4 Å². The van der Waals surface area contributed by atoms with Crippen LogP contribution >= 0.6 is 0 Å². The minimum Gasteiger partial charge on any atom is -0.478 e. The van der Waals surface area contributed by atoms with Crippen LogP contribution in [-0.2, 0) is 0 Å². The zero-order valence-electron chi connectivity index (χ0n) is 9.60. The molecular formula is C12H16N2O2. The SMILES string of the molecule is C=C(C)CN(CC)c1ncccc1C(=O)O. The van der Waals surface area contributed by atoms with Crippen molar-refractivity contribution in [3.63, 3.8) is 0 Å². The number of aromatic carboxylic acids is 1. The Balaban J connectivity index is 3.08. The third kappa shape index (κ3) is 2.82. The van der Waals surface area contributed by atoms with Gasteiger partial charge in [-0.25, -0.2) is 9.78 Å². The van der Waals surface area contributed by atoms with Crippen LogP contribution in [0.1, 0.15) is 24.2 Å². The van der Waals surface area contributed by atoms with Gasteiger partial charge in [0.2, 0.25) is 0 Å². The maximum Gasteiger partial charge on any atom is 0.339 e. The quantitative estimate of drug-likeness (QED) is 0.773. The first kappa shape index (κ1) is 12.2. The molecule has 0 aromatic carbocycles. The number of carboxylic acid groups (broad SMARTS) is 1. The van der Waals surface area contributed by atoms with Gasteiger partial charge in [0.05, 0.1) is 0 Å². The molecule has 1 aromatic rings. The van der Waals surface area contributed by atoms with E-state index in [0.29, 0.717) is 18.9 Å². The van der Waals surface area contributed by atoms with Crippen LogP contribution in [0.15, 0.2) is 30.5 Å². The molecule has 0 bridgehead atoms. The van der Waals surface area contributed by atoms with Gasteiger partial charge in [0, 0.05) is 19.3 Å². The number of likely N-dealkylation sites (N-methyl/N-ethyl adjacent to an activating group) is 1. The largest absolute Gasteiger partial charge is 0.478 e. The van der Waals surface area contributed by atoms with Gasteiger partial charge in [0.15, 0.2) is 0 Å². The third-order valence-electron chi connectivity index (χ3n) is 2.16. The molecule has 0 spiro atoms. The van der Waals surface area contributed by atoms with Gasteiger partial charge in [-0.3, -0.25) is 0 Å². The molecule has 1 heterocycles. The molecule has 0 radical (unpaired) electrons. The van der Waals surface area contributed by atoms with Crippen LogP contribution in [0.2, 0.25) is 0 Å². The maximum absolute atomic E-state index is 11.0. The lowest BCUT2D eigenvalue weighted by atomic mass is 10.2. The number of hydrogen-bond acceptors (Lipinski definition) is 3. The number of anilines is 1. The highest BCUT2D eigenvalue weighted by Crippen LogP contribution is 2.17.